The smallest absolute Gasteiger partial charge is 0.164 e. The van der Waals surface area contributed by atoms with Gasteiger partial charge in [-0.2, -0.15) is 0 Å². The maximum atomic E-state index is 4.86. The van der Waals surface area contributed by atoms with Crippen molar-refractivity contribution in [1.82, 2.24) is 14.8 Å². The fraction of sp³-hybridized carbons (Fsp3) is 0.556. The lowest BCUT2D eigenvalue weighted by Crippen LogP contribution is -2.28. The van der Waals surface area contributed by atoms with Crippen molar-refractivity contribution >= 4 is 0 Å². The molecule has 2 unspecified atom stereocenters. The van der Waals surface area contributed by atoms with Gasteiger partial charge in [0.15, 0.2) is 5.82 Å². The second kappa shape index (κ2) is 9.76. The van der Waals surface area contributed by atoms with Crippen molar-refractivity contribution in [2.24, 2.45) is 11.8 Å². The molecule has 0 amide bonds. The monoisotopic (exact) mass is 403 g/mol. The van der Waals surface area contributed by atoms with E-state index in [9.17, 15) is 0 Å². The van der Waals surface area contributed by atoms with E-state index in [-0.39, 0.29) is 0 Å². The van der Waals surface area contributed by atoms with Crippen LogP contribution in [0.25, 0.3) is 11.4 Å². The molecular weight excluding hydrogens is 366 g/mol. The van der Waals surface area contributed by atoms with Gasteiger partial charge < -0.3 is 4.57 Å². The third-order valence-corrected chi connectivity index (χ3v) is 7.19. The van der Waals surface area contributed by atoms with Crippen LogP contribution in [0.5, 0.6) is 0 Å². The molecule has 0 aliphatic heterocycles. The van der Waals surface area contributed by atoms with Gasteiger partial charge in [-0.3, -0.25) is 0 Å². The van der Waals surface area contributed by atoms with E-state index in [0.29, 0.717) is 23.8 Å². The number of benzene rings is 1. The van der Waals surface area contributed by atoms with E-state index in [1.807, 2.05) is 0 Å². The molecule has 0 spiro atoms. The van der Waals surface area contributed by atoms with Crippen molar-refractivity contribution < 1.29 is 0 Å². The van der Waals surface area contributed by atoms with Gasteiger partial charge in [-0.25, -0.2) is 0 Å². The molecule has 2 aliphatic carbocycles. The van der Waals surface area contributed by atoms with Gasteiger partial charge >= 0.3 is 0 Å². The van der Waals surface area contributed by atoms with Gasteiger partial charge in [-0.15, -0.1) is 10.2 Å². The van der Waals surface area contributed by atoms with Gasteiger partial charge in [0.1, 0.15) is 5.82 Å². The minimum Gasteiger partial charge on any atom is -0.307 e. The van der Waals surface area contributed by atoms with Crippen molar-refractivity contribution in [3.05, 3.63) is 60.0 Å². The third-order valence-electron chi connectivity index (χ3n) is 7.19. The fourth-order valence-electron chi connectivity index (χ4n) is 5.61. The van der Waals surface area contributed by atoms with Crippen LogP contribution in [-0.4, -0.2) is 14.8 Å². The summed E-state index contributed by atoms with van der Waals surface area (Å²) in [5, 5.41) is 9.69. The SMILES string of the molecule is CCCC1C=CC=C[C@@H]1C(CC)n1c(-c2ccccc2C)nnc1C1CCCCC1. The fourth-order valence-corrected chi connectivity index (χ4v) is 5.61. The van der Waals surface area contributed by atoms with Crippen LogP contribution >= 0.6 is 0 Å². The zero-order chi connectivity index (χ0) is 20.9. The van der Waals surface area contributed by atoms with E-state index in [4.69, 9.17) is 10.2 Å². The first-order chi connectivity index (χ1) is 14.7. The molecule has 3 nitrogen and oxygen atoms in total. The summed E-state index contributed by atoms with van der Waals surface area (Å²) >= 11 is 0. The van der Waals surface area contributed by atoms with Gasteiger partial charge in [0.05, 0.1) is 0 Å². The molecule has 0 N–H and O–H groups in total. The Balaban J connectivity index is 1.82. The lowest BCUT2D eigenvalue weighted by atomic mass is 9.79. The van der Waals surface area contributed by atoms with Crippen molar-refractivity contribution in [3.8, 4) is 11.4 Å². The third kappa shape index (κ3) is 4.17. The molecular formula is C27H37N3. The largest absolute Gasteiger partial charge is 0.307 e. The lowest BCUT2D eigenvalue weighted by molar-refractivity contribution is 0.281. The van der Waals surface area contributed by atoms with Crippen LogP contribution in [0.2, 0.25) is 0 Å². The maximum Gasteiger partial charge on any atom is 0.164 e. The summed E-state index contributed by atoms with van der Waals surface area (Å²) in [6.45, 7) is 6.83. The normalized spacial score (nSPS) is 23.0. The standard InChI is InChI=1S/C27H37N3/c1-4-13-21-15-10-12-19-24(21)25(5-2)30-26(22-16-7-6-8-17-22)28-29-27(30)23-18-11-9-14-20(23)3/h9-12,14-15,18-19,21-22,24-25H,4-8,13,16-17H2,1-3H3/t21?,24-,25?/m0/s1. The van der Waals surface area contributed by atoms with E-state index in [0.717, 1.165) is 12.2 Å². The highest BCUT2D eigenvalue weighted by atomic mass is 15.3. The minimum atomic E-state index is 0.393. The molecule has 2 aromatic rings. The first kappa shape index (κ1) is 21.1. The highest BCUT2D eigenvalue weighted by molar-refractivity contribution is 5.60. The first-order valence-corrected chi connectivity index (χ1v) is 12.1. The molecule has 3 atom stereocenters. The van der Waals surface area contributed by atoms with E-state index in [1.54, 1.807) is 0 Å². The minimum absolute atomic E-state index is 0.393. The molecule has 30 heavy (non-hydrogen) atoms. The van der Waals surface area contributed by atoms with Crippen molar-refractivity contribution in [3.63, 3.8) is 0 Å². The molecule has 3 heteroatoms. The summed E-state index contributed by atoms with van der Waals surface area (Å²) in [7, 11) is 0. The Bertz CT molecular complexity index is 885. The summed E-state index contributed by atoms with van der Waals surface area (Å²) in [6, 6.07) is 9.05. The Morgan fingerprint density at radius 3 is 2.50 bits per heavy atom. The van der Waals surface area contributed by atoms with E-state index < -0.39 is 0 Å². The molecule has 2 aliphatic rings. The Morgan fingerprint density at radius 2 is 1.77 bits per heavy atom. The highest BCUT2D eigenvalue weighted by Gasteiger charge is 2.33. The Labute approximate surface area is 182 Å². The van der Waals surface area contributed by atoms with Crippen molar-refractivity contribution in [2.75, 3.05) is 0 Å². The average molecular weight is 404 g/mol. The molecule has 1 heterocycles. The topological polar surface area (TPSA) is 30.7 Å². The number of aryl methyl sites for hydroxylation is 1. The number of allylic oxidation sites excluding steroid dienone is 4. The van der Waals surface area contributed by atoms with Gasteiger partial charge in [0.25, 0.3) is 0 Å². The maximum absolute atomic E-state index is 4.86. The van der Waals surface area contributed by atoms with Gasteiger partial charge in [0, 0.05) is 23.4 Å². The van der Waals surface area contributed by atoms with Crippen LogP contribution in [0.1, 0.15) is 88.6 Å². The Morgan fingerprint density at radius 1 is 1.00 bits per heavy atom. The summed E-state index contributed by atoms with van der Waals surface area (Å²) in [4.78, 5) is 0. The van der Waals surface area contributed by atoms with Gasteiger partial charge in [0.2, 0.25) is 0 Å². The summed E-state index contributed by atoms with van der Waals surface area (Å²) < 4.78 is 2.56. The van der Waals surface area contributed by atoms with Gasteiger partial charge in [-0.1, -0.05) is 88.1 Å². The number of hydrogen-bond donors (Lipinski definition) is 0. The molecule has 0 bridgehead atoms. The molecule has 1 fully saturated rings. The van der Waals surface area contributed by atoms with Crippen LogP contribution in [0.4, 0.5) is 0 Å². The zero-order valence-corrected chi connectivity index (χ0v) is 18.9. The Kier molecular flexibility index (Phi) is 6.86. The number of aromatic nitrogens is 3. The molecule has 4 rings (SSSR count). The molecule has 0 saturated heterocycles. The highest BCUT2D eigenvalue weighted by Crippen LogP contribution is 2.41. The second-order valence-corrected chi connectivity index (χ2v) is 9.18. The van der Waals surface area contributed by atoms with E-state index in [1.165, 1.54) is 61.9 Å². The molecule has 1 saturated carbocycles. The number of hydrogen-bond acceptors (Lipinski definition) is 2. The molecule has 1 aromatic carbocycles. The molecule has 1 aromatic heterocycles. The predicted molar refractivity (Wildman–Crippen MR) is 126 cm³/mol. The lowest BCUT2D eigenvalue weighted by Gasteiger charge is -2.35. The summed E-state index contributed by atoms with van der Waals surface area (Å²) in [6.07, 6.45) is 19.4. The van der Waals surface area contributed by atoms with E-state index in [2.05, 4.69) is 73.9 Å². The van der Waals surface area contributed by atoms with Crippen LogP contribution in [-0.2, 0) is 0 Å². The average Bonchev–Trinajstić information content (AvgIpc) is 3.21. The van der Waals surface area contributed by atoms with Crippen molar-refractivity contribution in [1.29, 1.82) is 0 Å². The molecule has 160 valence electrons. The zero-order valence-electron chi connectivity index (χ0n) is 18.9. The second-order valence-electron chi connectivity index (χ2n) is 9.18. The van der Waals surface area contributed by atoms with Crippen LogP contribution in [0.15, 0.2) is 48.6 Å². The Hall–Kier alpha value is -2.16. The number of nitrogens with zero attached hydrogens (tertiary/aromatic N) is 3. The number of rotatable bonds is 7. The van der Waals surface area contributed by atoms with Crippen LogP contribution < -0.4 is 0 Å². The first-order valence-electron chi connectivity index (χ1n) is 12.1. The van der Waals surface area contributed by atoms with Crippen LogP contribution in [0, 0.1) is 18.8 Å². The summed E-state index contributed by atoms with van der Waals surface area (Å²) in [5.41, 5.74) is 2.51. The molecule has 0 radical (unpaired) electrons. The van der Waals surface area contributed by atoms with Crippen LogP contribution in [0.3, 0.4) is 0 Å². The predicted octanol–water partition coefficient (Wildman–Crippen LogP) is 7.41. The van der Waals surface area contributed by atoms with Gasteiger partial charge in [-0.05, 0) is 44.1 Å². The summed E-state index contributed by atoms with van der Waals surface area (Å²) in [5.74, 6) is 3.94. The van der Waals surface area contributed by atoms with E-state index >= 15 is 0 Å². The van der Waals surface area contributed by atoms with Crippen molar-refractivity contribution in [2.45, 2.75) is 84.1 Å². The quantitative estimate of drug-likeness (QED) is 0.482.